The number of hydrogen-bond donors (Lipinski definition) is 1. The SMILES string of the molecule is COCC(C(=O)O)S(=O)(=O)C1CCOCC1. The largest absolute Gasteiger partial charge is 0.480 e. The van der Waals surface area contributed by atoms with Crippen LogP contribution in [-0.4, -0.2) is 56.9 Å². The third-order valence-corrected chi connectivity index (χ3v) is 5.15. The van der Waals surface area contributed by atoms with E-state index in [0.717, 1.165) is 0 Å². The molecule has 6 nitrogen and oxygen atoms in total. The van der Waals surface area contributed by atoms with Crippen LogP contribution in [0.1, 0.15) is 12.8 Å². The molecule has 0 spiro atoms. The molecule has 1 saturated heterocycles. The second kappa shape index (κ2) is 5.60. The summed E-state index contributed by atoms with van der Waals surface area (Å²) in [5.41, 5.74) is 0. The van der Waals surface area contributed by atoms with Gasteiger partial charge in [-0.15, -0.1) is 0 Å². The zero-order chi connectivity index (χ0) is 12.2. The lowest BCUT2D eigenvalue weighted by atomic mass is 10.2. The molecular weight excluding hydrogens is 236 g/mol. The molecule has 1 aliphatic rings. The first-order valence-corrected chi connectivity index (χ1v) is 6.63. The Bertz CT molecular complexity index is 330. The number of carbonyl (C=O) groups is 1. The number of hydrogen-bond acceptors (Lipinski definition) is 5. The highest BCUT2D eigenvalue weighted by Gasteiger charge is 2.39. The van der Waals surface area contributed by atoms with Crippen molar-refractivity contribution >= 4 is 15.8 Å². The Balaban J connectivity index is 2.83. The molecule has 16 heavy (non-hydrogen) atoms. The molecule has 1 atom stereocenters. The van der Waals surface area contributed by atoms with Gasteiger partial charge in [-0.3, -0.25) is 4.79 Å². The monoisotopic (exact) mass is 252 g/mol. The summed E-state index contributed by atoms with van der Waals surface area (Å²) >= 11 is 0. The van der Waals surface area contributed by atoms with E-state index < -0.39 is 26.3 Å². The van der Waals surface area contributed by atoms with Crippen molar-refractivity contribution in [2.24, 2.45) is 0 Å². The summed E-state index contributed by atoms with van der Waals surface area (Å²) < 4.78 is 33.7. The topological polar surface area (TPSA) is 89.9 Å². The number of carboxylic acids is 1. The normalized spacial score (nSPS) is 20.6. The number of sulfone groups is 1. The van der Waals surface area contributed by atoms with Crippen LogP contribution in [-0.2, 0) is 24.1 Å². The van der Waals surface area contributed by atoms with E-state index in [9.17, 15) is 13.2 Å². The Kier molecular flexibility index (Phi) is 4.69. The minimum Gasteiger partial charge on any atom is -0.480 e. The van der Waals surface area contributed by atoms with Crippen LogP contribution < -0.4 is 0 Å². The molecule has 1 fully saturated rings. The van der Waals surface area contributed by atoms with E-state index in [2.05, 4.69) is 4.74 Å². The lowest BCUT2D eigenvalue weighted by Gasteiger charge is -2.24. The number of aliphatic carboxylic acids is 1. The molecule has 1 heterocycles. The maximum Gasteiger partial charge on any atom is 0.324 e. The molecule has 0 radical (unpaired) electrons. The highest BCUT2D eigenvalue weighted by molar-refractivity contribution is 7.93. The highest BCUT2D eigenvalue weighted by atomic mass is 32.2. The first-order chi connectivity index (χ1) is 7.50. The average molecular weight is 252 g/mol. The van der Waals surface area contributed by atoms with Crippen molar-refractivity contribution in [2.45, 2.75) is 23.3 Å². The first-order valence-electron chi connectivity index (χ1n) is 5.02. The van der Waals surface area contributed by atoms with E-state index in [4.69, 9.17) is 9.84 Å². The molecule has 0 amide bonds. The Labute approximate surface area is 94.5 Å². The van der Waals surface area contributed by atoms with Gasteiger partial charge in [0.25, 0.3) is 0 Å². The van der Waals surface area contributed by atoms with E-state index in [-0.39, 0.29) is 6.61 Å². The Morgan fingerprint density at radius 3 is 2.50 bits per heavy atom. The number of carboxylic acid groups (broad SMARTS) is 1. The Morgan fingerprint density at radius 1 is 1.50 bits per heavy atom. The molecule has 94 valence electrons. The predicted molar refractivity (Wildman–Crippen MR) is 56.1 cm³/mol. The number of rotatable bonds is 5. The summed E-state index contributed by atoms with van der Waals surface area (Å²) in [7, 11) is -2.40. The van der Waals surface area contributed by atoms with Gasteiger partial charge in [-0.1, -0.05) is 0 Å². The Hall–Kier alpha value is -0.660. The average Bonchev–Trinajstić information content (AvgIpc) is 2.26. The van der Waals surface area contributed by atoms with Gasteiger partial charge in [0.05, 0.1) is 11.9 Å². The standard InChI is InChI=1S/C9H16O6S/c1-14-6-8(9(10)11)16(12,13)7-2-4-15-5-3-7/h7-8H,2-6H2,1H3,(H,10,11). The van der Waals surface area contributed by atoms with Crippen molar-refractivity contribution in [1.82, 2.24) is 0 Å². The summed E-state index contributed by atoms with van der Waals surface area (Å²) in [6.45, 7) is 0.418. The Morgan fingerprint density at radius 2 is 2.06 bits per heavy atom. The molecule has 1 aliphatic heterocycles. The van der Waals surface area contributed by atoms with Crippen LogP contribution in [0.4, 0.5) is 0 Å². The summed E-state index contributed by atoms with van der Waals surface area (Å²) in [6, 6.07) is 0. The second-order valence-electron chi connectivity index (χ2n) is 3.68. The van der Waals surface area contributed by atoms with Crippen LogP contribution in [0.15, 0.2) is 0 Å². The van der Waals surface area contributed by atoms with Crippen LogP contribution in [0.2, 0.25) is 0 Å². The first kappa shape index (κ1) is 13.4. The van der Waals surface area contributed by atoms with Gasteiger partial charge in [0.2, 0.25) is 0 Å². The van der Waals surface area contributed by atoms with Crippen molar-refractivity contribution < 1.29 is 27.8 Å². The van der Waals surface area contributed by atoms with E-state index in [1.807, 2.05) is 0 Å². The van der Waals surface area contributed by atoms with E-state index in [1.165, 1.54) is 7.11 Å². The van der Waals surface area contributed by atoms with Crippen LogP contribution in [0, 0.1) is 0 Å². The maximum atomic E-state index is 12.0. The molecule has 1 unspecified atom stereocenters. The van der Waals surface area contributed by atoms with Crippen molar-refractivity contribution in [3.63, 3.8) is 0 Å². The van der Waals surface area contributed by atoms with Gasteiger partial charge in [0, 0.05) is 20.3 Å². The van der Waals surface area contributed by atoms with Gasteiger partial charge in [-0.25, -0.2) is 8.42 Å². The van der Waals surface area contributed by atoms with Crippen molar-refractivity contribution in [1.29, 1.82) is 0 Å². The fourth-order valence-corrected chi connectivity index (χ4v) is 3.62. The van der Waals surface area contributed by atoms with E-state index in [1.54, 1.807) is 0 Å². The van der Waals surface area contributed by atoms with E-state index in [0.29, 0.717) is 26.1 Å². The van der Waals surface area contributed by atoms with Gasteiger partial charge in [0.1, 0.15) is 0 Å². The van der Waals surface area contributed by atoms with Gasteiger partial charge >= 0.3 is 5.97 Å². The lowest BCUT2D eigenvalue weighted by molar-refractivity contribution is -0.137. The molecule has 0 aromatic carbocycles. The molecule has 0 aliphatic carbocycles. The third kappa shape index (κ3) is 2.93. The van der Waals surface area contributed by atoms with Gasteiger partial charge in [0.15, 0.2) is 15.1 Å². The van der Waals surface area contributed by atoms with Crippen LogP contribution in [0.25, 0.3) is 0 Å². The molecule has 0 aromatic heterocycles. The fourth-order valence-electron chi connectivity index (χ4n) is 1.69. The van der Waals surface area contributed by atoms with Crippen molar-refractivity contribution in [3.8, 4) is 0 Å². The van der Waals surface area contributed by atoms with Crippen LogP contribution in [0.3, 0.4) is 0 Å². The number of methoxy groups -OCH3 is 1. The minimum atomic E-state index is -3.69. The summed E-state index contributed by atoms with van der Waals surface area (Å²) in [5, 5.41) is 6.78. The molecule has 0 bridgehead atoms. The molecular formula is C9H16O6S. The molecule has 0 saturated carbocycles. The summed E-state index contributed by atoms with van der Waals surface area (Å²) in [6.07, 6.45) is 0.714. The maximum absolute atomic E-state index is 12.0. The van der Waals surface area contributed by atoms with Crippen LogP contribution >= 0.6 is 0 Å². The summed E-state index contributed by atoms with van der Waals surface area (Å²) in [5.74, 6) is -1.35. The fraction of sp³-hybridized carbons (Fsp3) is 0.889. The highest BCUT2D eigenvalue weighted by Crippen LogP contribution is 2.20. The van der Waals surface area contributed by atoms with Gasteiger partial charge in [-0.05, 0) is 12.8 Å². The quantitative estimate of drug-likeness (QED) is 0.721. The van der Waals surface area contributed by atoms with Crippen molar-refractivity contribution in [3.05, 3.63) is 0 Å². The smallest absolute Gasteiger partial charge is 0.324 e. The van der Waals surface area contributed by atoms with Crippen LogP contribution in [0.5, 0.6) is 0 Å². The van der Waals surface area contributed by atoms with Gasteiger partial charge in [-0.2, -0.15) is 0 Å². The third-order valence-electron chi connectivity index (χ3n) is 2.62. The lowest BCUT2D eigenvalue weighted by Crippen LogP contribution is -2.42. The molecule has 7 heteroatoms. The molecule has 1 N–H and O–H groups in total. The molecule has 1 rings (SSSR count). The van der Waals surface area contributed by atoms with Crippen molar-refractivity contribution in [2.75, 3.05) is 26.9 Å². The minimum absolute atomic E-state index is 0.310. The van der Waals surface area contributed by atoms with Gasteiger partial charge < -0.3 is 14.6 Å². The molecule has 0 aromatic rings. The summed E-state index contributed by atoms with van der Waals surface area (Å²) in [4.78, 5) is 10.9. The zero-order valence-electron chi connectivity index (χ0n) is 9.09. The van der Waals surface area contributed by atoms with E-state index >= 15 is 0 Å². The predicted octanol–water partition coefficient (Wildman–Crippen LogP) is -0.320. The number of ether oxygens (including phenoxy) is 2. The zero-order valence-corrected chi connectivity index (χ0v) is 9.90. The second-order valence-corrected chi connectivity index (χ2v) is 6.10.